The van der Waals surface area contributed by atoms with Crippen LogP contribution in [0.5, 0.6) is 0 Å². The van der Waals surface area contributed by atoms with Crippen LogP contribution in [0.4, 0.5) is 4.79 Å². The topological polar surface area (TPSA) is 185 Å². The Morgan fingerprint density at radius 3 is 1.29 bits per heavy atom. The van der Waals surface area contributed by atoms with Crippen molar-refractivity contribution in [1.82, 2.24) is 9.80 Å². The number of likely N-dealkylation sites (N-methyl/N-ethyl adjacent to an activating group) is 1. The summed E-state index contributed by atoms with van der Waals surface area (Å²) in [6, 6.07) is 0. The number of rotatable bonds is 37. The third-order valence-corrected chi connectivity index (χ3v) is 10.7. The zero-order valence-electron chi connectivity index (χ0n) is 39.6. The maximum atomic E-state index is 13.5. The van der Waals surface area contributed by atoms with E-state index in [2.05, 4.69) is 20.8 Å². The zero-order valence-corrected chi connectivity index (χ0v) is 39.6. The Balaban J connectivity index is 2.94. The zero-order chi connectivity index (χ0) is 46.5. The van der Waals surface area contributed by atoms with Gasteiger partial charge in [-0.3, -0.25) is 24.0 Å². The predicted octanol–water partition coefficient (Wildman–Crippen LogP) is 8.27. The Morgan fingerprint density at radius 2 is 0.905 bits per heavy atom. The lowest BCUT2D eigenvalue weighted by atomic mass is 10.1. The first kappa shape index (κ1) is 57.3. The van der Waals surface area contributed by atoms with Gasteiger partial charge in [0.25, 0.3) is 0 Å². The molecule has 1 heterocycles. The van der Waals surface area contributed by atoms with Gasteiger partial charge in [0.15, 0.2) is 0 Å². The molecule has 15 nitrogen and oxygen atoms in total. The highest BCUT2D eigenvalue weighted by Gasteiger charge is 2.30. The number of aliphatic hydroxyl groups is 1. The Bertz CT molecular complexity index is 1260. The second-order valence-corrected chi connectivity index (χ2v) is 17.2. The molecule has 0 radical (unpaired) electrons. The molecule has 0 fully saturated rings. The van der Waals surface area contributed by atoms with Gasteiger partial charge in [-0.05, 0) is 45.5 Å². The summed E-state index contributed by atoms with van der Waals surface area (Å²) in [5, 5.41) is 9.93. The van der Waals surface area contributed by atoms with Gasteiger partial charge in [0.05, 0.1) is 45.8 Å². The molecule has 1 amide bonds. The van der Waals surface area contributed by atoms with Crippen LogP contribution in [0.1, 0.15) is 168 Å². The number of ether oxygens (including phenoxy) is 6. The smallest absolute Gasteiger partial charge is 0.410 e. The number of nitrogens with zero attached hydrogens (tertiary/aromatic N) is 2. The molecule has 63 heavy (non-hydrogen) atoms. The van der Waals surface area contributed by atoms with Crippen molar-refractivity contribution in [2.45, 2.75) is 181 Å². The van der Waals surface area contributed by atoms with Crippen LogP contribution in [0.15, 0.2) is 12.2 Å². The van der Waals surface area contributed by atoms with E-state index in [0.29, 0.717) is 19.4 Å². The number of hydrogen-bond acceptors (Lipinski definition) is 14. The van der Waals surface area contributed by atoms with Crippen molar-refractivity contribution in [1.29, 1.82) is 0 Å². The molecule has 0 aromatic rings. The van der Waals surface area contributed by atoms with Gasteiger partial charge in [-0.15, -0.1) is 0 Å². The number of amides is 1. The molecule has 1 aliphatic heterocycles. The molecule has 1 aliphatic rings. The van der Waals surface area contributed by atoms with Gasteiger partial charge in [-0.25, -0.2) is 4.79 Å². The summed E-state index contributed by atoms with van der Waals surface area (Å²) in [7, 11) is 3.68. The lowest BCUT2D eigenvalue weighted by Crippen LogP contribution is -2.42. The van der Waals surface area contributed by atoms with Crippen LogP contribution in [0.3, 0.4) is 0 Å². The van der Waals surface area contributed by atoms with Crippen molar-refractivity contribution in [3.05, 3.63) is 12.2 Å². The van der Waals surface area contributed by atoms with Crippen molar-refractivity contribution in [3.8, 4) is 0 Å². The molecule has 0 aliphatic carbocycles. The van der Waals surface area contributed by atoms with Crippen LogP contribution in [0, 0.1) is 11.8 Å². The molecule has 0 aromatic heterocycles. The van der Waals surface area contributed by atoms with Gasteiger partial charge in [-0.1, -0.05) is 117 Å². The molecule has 0 spiro atoms. The lowest BCUT2D eigenvalue weighted by Gasteiger charge is -2.26. The average molecular weight is 897 g/mol. The summed E-state index contributed by atoms with van der Waals surface area (Å²) in [6.45, 7) is 6.00. The predicted molar refractivity (Wildman–Crippen MR) is 241 cm³/mol. The van der Waals surface area contributed by atoms with Crippen LogP contribution in [-0.2, 0) is 52.4 Å². The molecule has 15 heteroatoms. The van der Waals surface area contributed by atoms with E-state index in [-0.39, 0.29) is 89.5 Å². The van der Waals surface area contributed by atoms with Crippen LogP contribution < -0.4 is 0 Å². The SMILES string of the molecule is CCCCCCCCC(=O)OCC(CO)CC(=O)O[C@@H]1C=C[C@@H](OC(=O)CC(COC(=O)CCCCCCCC)COC(=O)CCCCCCCC)CN(C(=O)OCCN(C)C)C1. The van der Waals surface area contributed by atoms with E-state index in [1.54, 1.807) is 0 Å². The highest BCUT2D eigenvalue weighted by Crippen LogP contribution is 2.18. The van der Waals surface area contributed by atoms with Crippen molar-refractivity contribution >= 4 is 35.9 Å². The molecule has 1 rings (SSSR count). The van der Waals surface area contributed by atoms with E-state index < -0.39 is 48.7 Å². The van der Waals surface area contributed by atoms with Crippen LogP contribution in [-0.4, -0.2) is 130 Å². The fraction of sp³-hybridized carbons (Fsp3) is 0.833. The minimum Gasteiger partial charge on any atom is -0.465 e. The molecule has 1 N–H and O–H groups in total. The van der Waals surface area contributed by atoms with Crippen molar-refractivity contribution < 1.29 is 62.3 Å². The average Bonchev–Trinajstić information content (AvgIpc) is 3.45. The molecular formula is C48H84N2O13. The fourth-order valence-electron chi connectivity index (χ4n) is 6.83. The summed E-state index contributed by atoms with van der Waals surface area (Å²) < 4.78 is 33.4. The molecule has 1 unspecified atom stereocenters. The molecule has 0 aromatic carbocycles. The van der Waals surface area contributed by atoms with Crippen molar-refractivity contribution in [2.75, 3.05) is 66.8 Å². The van der Waals surface area contributed by atoms with E-state index >= 15 is 0 Å². The molecule has 0 bridgehead atoms. The number of carbonyl (C=O) groups is 6. The van der Waals surface area contributed by atoms with E-state index in [0.717, 1.165) is 96.3 Å². The summed E-state index contributed by atoms with van der Waals surface area (Å²) >= 11 is 0. The number of esters is 5. The standard InChI is InChI=1S/C48H84N2O13/c1-6-9-12-15-18-21-24-43(52)59-36-39(35-51)31-46(55)62-41-27-28-42(34-50(33-41)48(57)58-30-29-49(4)5)63-47(56)32-40(37-60-44(53)25-22-19-16-13-10-7-2)38-61-45(54)26-23-20-17-14-11-8-3/h27-28,39-42,51H,6-26,29-38H2,1-5H3/t39?,41-,42-/m1/s1. The highest BCUT2D eigenvalue weighted by molar-refractivity contribution is 5.73. The molecule has 0 saturated carbocycles. The van der Waals surface area contributed by atoms with E-state index in [9.17, 15) is 33.9 Å². The number of hydrogen-bond donors (Lipinski definition) is 1. The van der Waals surface area contributed by atoms with E-state index in [1.165, 1.54) is 23.5 Å². The van der Waals surface area contributed by atoms with Gasteiger partial charge in [0, 0.05) is 44.2 Å². The molecule has 364 valence electrons. The third-order valence-electron chi connectivity index (χ3n) is 10.7. The first-order valence-electron chi connectivity index (χ1n) is 24.1. The summed E-state index contributed by atoms with van der Waals surface area (Å²) in [5.41, 5.74) is 0. The van der Waals surface area contributed by atoms with E-state index in [1.807, 2.05) is 19.0 Å². The minimum absolute atomic E-state index is 0.0945. The molecule has 3 atom stereocenters. The minimum atomic E-state index is -0.954. The maximum absolute atomic E-state index is 13.5. The van der Waals surface area contributed by atoms with Crippen molar-refractivity contribution in [2.24, 2.45) is 11.8 Å². The van der Waals surface area contributed by atoms with Gasteiger partial charge in [-0.2, -0.15) is 0 Å². The second kappa shape index (κ2) is 37.6. The lowest BCUT2D eigenvalue weighted by molar-refractivity contribution is -0.156. The summed E-state index contributed by atoms with van der Waals surface area (Å²) in [5.74, 6) is -3.83. The monoisotopic (exact) mass is 897 g/mol. The highest BCUT2D eigenvalue weighted by atomic mass is 16.6. The first-order valence-corrected chi connectivity index (χ1v) is 24.1. The van der Waals surface area contributed by atoms with Gasteiger partial charge in [0.1, 0.15) is 18.8 Å². The fourth-order valence-corrected chi connectivity index (χ4v) is 6.83. The Labute approximate surface area is 378 Å². The number of unbranched alkanes of at least 4 members (excludes halogenated alkanes) is 15. The van der Waals surface area contributed by atoms with Crippen LogP contribution in [0.2, 0.25) is 0 Å². The van der Waals surface area contributed by atoms with Gasteiger partial charge in [0.2, 0.25) is 0 Å². The van der Waals surface area contributed by atoms with E-state index in [4.69, 9.17) is 28.4 Å². The molecular weight excluding hydrogens is 813 g/mol. The largest absolute Gasteiger partial charge is 0.465 e. The quantitative estimate of drug-likeness (QED) is 0.0272. The van der Waals surface area contributed by atoms with Gasteiger partial charge < -0.3 is 43.3 Å². The van der Waals surface area contributed by atoms with Crippen LogP contribution in [0.25, 0.3) is 0 Å². The second-order valence-electron chi connectivity index (χ2n) is 17.2. The maximum Gasteiger partial charge on any atom is 0.410 e. The first-order chi connectivity index (χ1) is 30.4. The summed E-state index contributed by atoms with van der Waals surface area (Å²) in [4.78, 5) is 80.4. The Kier molecular flexibility index (Phi) is 34.2. The Morgan fingerprint density at radius 1 is 0.540 bits per heavy atom. The third kappa shape index (κ3) is 31.7. The van der Waals surface area contributed by atoms with Crippen LogP contribution >= 0.6 is 0 Å². The number of aliphatic hydroxyl groups excluding tert-OH is 1. The molecule has 0 saturated heterocycles. The van der Waals surface area contributed by atoms with Crippen molar-refractivity contribution in [3.63, 3.8) is 0 Å². The van der Waals surface area contributed by atoms with Gasteiger partial charge >= 0.3 is 35.9 Å². The normalized spacial score (nSPS) is 15.5. The number of carbonyl (C=O) groups excluding carboxylic acids is 6. The Hall–Kier alpha value is -3.72. The summed E-state index contributed by atoms with van der Waals surface area (Å²) in [6.07, 6.45) is 19.2.